The molecule has 1 aliphatic rings. The Bertz CT molecular complexity index is 272. The molecule has 21 heavy (non-hydrogen) atoms. The lowest BCUT2D eigenvalue weighted by Crippen LogP contribution is -2.49. The second-order valence-electron chi connectivity index (χ2n) is 7.28. The molecule has 1 fully saturated rings. The Morgan fingerprint density at radius 3 is 2.24 bits per heavy atom. The summed E-state index contributed by atoms with van der Waals surface area (Å²) >= 11 is 0. The fourth-order valence-electron chi connectivity index (χ4n) is 3.14. The van der Waals surface area contributed by atoms with Gasteiger partial charge in [0.1, 0.15) is 0 Å². The van der Waals surface area contributed by atoms with Gasteiger partial charge in [-0.1, -0.05) is 27.7 Å². The third kappa shape index (κ3) is 6.25. The molecule has 1 N–H and O–H groups in total. The molecule has 0 heterocycles. The fraction of sp³-hybridized carbons (Fsp3) is 1.00. The molecular formula is C18H38N2O. The number of hydrogen-bond acceptors (Lipinski definition) is 3. The lowest BCUT2D eigenvalue weighted by molar-refractivity contribution is 0.0652. The monoisotopic (exact) mass is 298 g/mol. The van der Waals surface area contributed by atoms with Crippen LogP contribution in [0.25, 0.3) is 0 Å². The number of hydrogen-bond donors (Lipinski definition) is 1. The average molecular weight is 299 g/mol. The predicted molar refractivity (Wildman–Crippen MR) is 91.8 cm³/mol. The highest BCUT2D eigenvalue weighted by Gasteiger charge is 2.36. The van der Waals surface area contributed by atoms with Crippen LogP contribution in [0.4, 0.5) is 0 Å². The van der Waals surface area contributed by atoms with Crippen molar-refractivity contribution in [1.29, 1.82) is 0 Å². The molecule has 0 bridgehead atoms. The van der Waals surface area contributed by atoms with E-state index in [1.807, 2.05) is 7.11 Å². The predicted octanol–water partition coefficient (Wildman–Crippen LogP) is 3.54. The van der Waals surface area contributed by atoms with Crippen molar-refractivity contribution in [1.82, 2.24) is 10.2 Å². The Balaban J connectivity index is 2.68. The van der Waals surface area contributed by atoms with Gasteiger partial charge >= 0.3 is 0 Å². The molecule has 0 radical (unpaired) electrons. The van der Waals surface area contributed by atoms with Crippen molar-refractivity contribution in [2.24, 2.45) is 11.3 Å². The summed E-state index contributed by atoms with van der Waals surface area (Å²) in [5.74, 6) is 0.923. The van der Waals surface area contributed by atoms with Crippen LogP contribution in [0.3, 0.4) is 0 Å². The first-order valence-corrected chi connectivity index (χ1v) is 8.94. The molecule has 0 saturated heterocycles. The number of nitrogens with one attached hydrogen (secondary N) is 1. The van der Waals surface area contributed by atoms with Crippen LogP contribution in [0.2, 0.25) is 0 Å². The standard InChI is InChI=1S/C18H38N2O/c1-7-18(8-2,13-19-15(3)4)14-20(11-12-21-6)16(5)17-9-10-17/h15-17,19H,7-14H2,1-6H3. The molecule has 1 aliphatic carbocycles. The van der Waals surface area contributed by atoms with Crippen molar-refractivity contribution in [3.05, 3.63) is 0 Å². The third-order valence-corrected chi connectivity index (χ3v) is 5.39. The quantitative estimate of drug-likeness (QED) is 0.596. The highest BCUT2D eigenvalue weighted by Crippen LogP contribution is 2.37. The van der Waals surface area contributed by atoms with Crippen LogP contribution in [-0.4, -0.2) is 50.3 Å². The first-order chi connectivity index (χ1) is 9.98. The SMILES string of the molecule is CCC(CC)(CNC(C)C)CN(CCOC)C(C)C1CC1. The second kappa shape index (κ2) is 9.12. The lowest BCUT2D eigenvalue weighted by Gasteiger charge is -2.40. The molecule has 126 valence electrons. The summed E-state index contributed by atoms with van der Waals surface area (Å²) in [5.41, 5.74) is 0.390. The summed E-state index contributed by atoms with van der Waals surface area (Å²) in [7, 11) is 1.81. The van der Waals surface area contributed by atoms with Gasteiger partial charge in [0.25, 0.3) is 0 Å². The fourth-order valence-corrected chi connectivity index (χ4v) is 3.14. The molecule has 1 saturated carbocycles. The average Bonchev–Trinajstić information content (AvgIpc) is 3.31. The van der Waals surface area contributed by atoms with E-state index < -0.39 is 0 Å². The summed E-state index contributed by atoms with van der Waals surface area (Å²) < 4.78 is 5.35. The molecule has 0 aromatic heterocycles. The number of rotatable bonds is 12. The van der Waals surface area contributed by atoms with Crippen LogP contribution in [-0.2, 0) is 4.74 Å². The minimum atomic E-state index is 0.390. The smallest absolute Gasteiger partial charge is 0.0589 e. The molecule has 3 heteroatoms. The van der Waals surface area contributed by atoms with Crippen molar-refractivity contribution in [2.45, 2.75) is 72.4 Å². The molecular weight excluding hydrogens is 260 g/mol. The Morgan fingerprint density at radius 1 is 1.19 bits per heavy atom. The molecule has 0 aliphatic heterocycles. The first kappa shape index (κ1) is 18.9. The van der Waals surface area contributed by atoms with Gasteiger partial charge in [-0.2, -0.15) is 0 Å². The molecule has 0 aromatic carbocycles. The van der Waals surface area contributed by atoms with Crippen molar-refractivity contribution in [3.8, 4) is 0 Å². The maximum Gasteiger partial charge on any atom is 0.0589 e. The molecule has 1 rings (SSSR count). The van der Waals surface area contributed by atoms with E-state index in [-0.39, 0.29) is 0 Å². The zero-order chi connectivity index (χ0) is 15.9. The van der Waals surface area contributed by atoms with E-state index in [9.17, 15) is 0 Å². The highest BCUT2D eigenvalue weighted by atomic mass is 16.5. The van der Waals surface area contributed by atoms with Gasteiger partial charge in [0.05, 0.1) is 6.61 Å². The van der Waals surface area contributed by atoms with E-state index in [0.717, 1.165) is 25.6 Å². The van der Waals surface area contributed by atoms with Gasteiger partial charge in [0, 0.05) is 38.8 Å². The number of ether oxygens (including phenoxy) is 1. The van der Waals surface area contributed by atoms with E-state index in [1.54, 1.807) is 0 Å². The van der Waals surface area contributed by atoms with Gasteiger partial charge in [-0.25, -0.2) is 0 Å². The van der Waals surface area contributed by atoms with Crippen LogP contribution < -0.4 is 5.32 Å². The topological polar surface area (TPSA) is 24.5 Å². The molecule has 1 unspecified atom stereocenters. The molecule has 3 nitrogen and oxygen atoms in total. The Hall–Kier alpha value is -0.120. The van der Waals surface area contributed by atoms with Crippen LogP contribution in [0, 0.1) is 11.3 Å². The van der Waals surface area contributed by atoms with Gasteiger partial charge in [-0.05, 0) is 43.9 Å². The normalized spacial score (nSPS) is 17.7. The summed E-state index contributed by atoms with van der Waals surface area (Å²) in [6.45, 7) is 15.8. The largest absolute Gasteiger partial charge is 0.383 e. The van der Waals surface area contributed by atoms with E-state index in [4.69, 9.17) is 4.74 Å². The number of nitrogens with zero attached hydrogens (tertiary/aromatic N) is 1. The summed E-state index contributed by atoms with van der Waals surface area (Å²) in [6, 6.07) is 1.27. The molecule has 0 amide bonds. The Kier molecular flexibility index (Phi) is 8.22. The van der Waals surface area contributed by atoms with Crippen LogP contribution in [0.5, 0.6) is 0 Å². The molecule has 1 atom stereocenters. The van der Waals surface area contributed by atoms with Gasteiger partial charge in [-0.3, -0.25) is 4.90 Å². The lowest BCUT2D eigenvalue weighted by atomic mass is 9.81. The van der Waals surface area contributed by atoms with Gasteiger partial charge in [-0.15, -0.1) is 0 Å². The van der Waals surface area contributed by atoms with Crippen LogP contribution >= 0.6 is 0 Å². The van der Waals surface area contributed by atoms with Crippen molar-refractivity contribution >= 4 is 0 Å². The zero-order valence-corrected chi connectivity index (χ0v) is 15.2. The minimum Gasteiger partial charge on any atom is -0.383 e. The molecule has 0 spiro atoms. The van der Waals surface area contributed by atoms with Crippen molar-refractivity contribution in [3.63, 3.8) is 0 Å². The highest BCUT2D eigenvalue weighted by molar-refractivity contribution is 4.90. The van der Waals surface area contributed by atoms with E-state index in [1.165, 1.54) is 32.2 Å². The van der Waals surface area contributed by atoms with Gasteiger partial charge < -0.3 is 10.1 Å². The van der Waals surface area contributed by atoms with Gasteiger partial charge in [0.15, 0.2) is 0 Å². The van der Waals surface area contributed by atoms with Gasteiger partial charge in [0.2, 0.25) is 0 Å². The molecule has 0 aromatic rings. The van der Waals surface area contributed by atoms with Crippen molar-refractivity contribution < 1.29 is 4.74 Å². The maximum atomic E-state index is 5.35. The maximum absolute atomic E-state index is 5.35. The van der Waals surface area contributed by atoms with Crippen LogP contribution in [0.1, 0.15) is 60.3 Å². The van der Waals surface area contributed by atoms with E-state index in [2.05, 4.69) is 44.8 Å². The zero-order valence-electron chi connectivity index (χ0n) is 15.2. The second-order valence-corrected chi connectivity index (χ2v) is 7.28. The summed E-state index contributed by atoms with van der Waals surface area (Å²) in [5, 5.41) is 3.68. The minimum absolute atomic E-state index is 0.390. The van der Waals surface area contributed by atoms with E-state index >= 15 is 0 Å². The Morgan fingerprint density at radius 2 is 1.81 bits per heavy atom. The van der Waals surface area contributed by atoms with E-state index in [0.29, 0.717) is 17.5 Å². The van der Waals surface area contributed by atoms with Crippen molar-refractivity contribution in [2.75, 3.05) is 33.4 Å². The Labute approximate surface area is 132 Å². The van der Waals surface area contributed by atoms with Crippen LogP contribution in [0.15, 0.2) is 0 Å². The third-order valence-electron chi connectivity index (χ3n) is 5.39. The first-order valence-electron chi connectivity index (χ1n) is 8.94. The number of methoxy groups -OCH3 is 1. The summed E-state index contributed by atoms with van der Waals surface area (Å²) in [6.07, 6.45) is 5.31. The summed E-state index contributed by atoms with van der Waals surface area (Å²) in [4.78, 5) is 2.69.